The number of aliphatic hydroxyl groups is 1. The lowest BCUT2D eigenvalue weighted by Gasteiger charge is -2.46. The highest BCUT2D eigenvalue weighted by Gasteiger charge is 2.48. The second-order valence-corrected chi connectivity index (χ2v) is 5.84. The number of hydrogen-bond acceptors (Lipinski definition) is 3. The third-order valence-corrected chi connectivity index (χ3v) is 2.57. The monoisotopic (exact) mass is 281 g/mol. The van der Waals surface area contributed by atoms with Crippen molar-refractivity contribution in [1.29, 1.82) is 0 Å². The number of carbonyl (C=O) groups excluding carboxylic acids is 1. The van der Waals surface area contributed by atoms with Crippen molar-refractivity contribution in [3.63, 3.8) is 0 Å². The van der Waals surface area contributed by atoms with Crippen LogP contribution < -0.4 is 0 Å². The molecule has 0 spiro atoms. The van der Waals surface area contributed by atoms with Crippen molar-refractivity contribution < 1.29 is 27.8 Å². The molecule has 1 N–H and O–H groups in total. The smallest absolute Gasteiger partial charge is 0.412 e. The van der Waals surface area contributed by atoms with E-state index < -0.39 is 35.5 Å². The van der Waals surface area contributed by atoms with Gasteiger partial charge in [-0.1, -0.05) is 6.58 Å². The van der Waals surface area contributed by atoms with Crippen molar-refractivity contribution in [2.75, 3.05) is 13.1 Å². The Morgan fingerprint density at radius 2 is 1.84 bits per heavy atom. The van der Waals surface area contributed by atoms with Gasteiger partial charge in [-0.3, -0.25) is 0 Å². The van der Waals surface area contributed by atoms with Crippen LogP contribution >= 0.6 is 0 Å². The van der Waals surface area contributed by atoms with E-state index in [2.05, 4.69) is 6.58 Å². The van der Waals surface area contributed by atoms with Crippen LogP contribution in [0.5, 0.6) is 0 Å². The molecule has 0 aromatic rings. The molecule has 0 atom stereocenters. The Bertz CT molecular complexity index is 379. The summed E-state index contributed by atoms with van der Waals surface area (Å²) in [7, 11) is 0. The van der Waals surface area contributed by atoms with Crippen LogP contribution in [0.2, 0.25) is 0 Å². The minimum Gasteiger partial charge on any atom is -0.444 e. The average molecular weight is 281 g/mol. The SMILES string of the molecule is C=C(CC1(O)CN(C(=O)OC(C)(C)C)C1)C(F)(F)F. The molecular weight excluding hydrogens is 263 g/mol. The zero-order valence-electron chi connectivity index (χ0n) is 11.2. The van der Waals surface area contributed by atoms with Crippen molar-refractivity contribution in [1.82, 2.24) is 4.90 Å². The van der Waals surface area contributed by atoms with E-state index in [0.717, 1.165) is 4.90 Å². The van der Waals surface area contributed by atoms with Crippen molar-refractivity contribution in [3.8, 4) is 0 Å². The molecule has 0 unspecified atom stereocenters. The van der Waals surface area contributed by atoms with Crippen LogP contribution in [0.3, 0.4) is 0 Å². The van der Waals surface area contributed by atoms with Gasteiger partial charge in [-0.2, -0.15) is 13.2 Å². The number of carbonyl (C=O) groups is 1. The van der Waals surface area contributed by atoms with Gasteiger partial charge in [0.05, 0.1) is 13.1 Å². The van der Waals surface area contributed by atoms with Gasteiger partial charge in [0.2, 0.25) is 0 Å². The summed E-state index contributed by atoms with van der Waals surface area (Å²) in [6.45, 7) is 7.58. The first kappa shape index (κ1) is 15.8. The lowest BCUT2D eigenvalue weighted by molar-refractivity contribution is -0.125. The number of alkyl halides is 3. The summed E-state index contributed by atoms with van der Waals surface area (Å²) in [6, 6.07) is 0. The molecule has 0 bridgehead atoms. The van der Waals surface area contributed by atoms with Crippen LogP contribution in [-0.2, 0) is 4.74 Å². The van der Waals surface area contributed by atoms with Gasteiger partial charge in [0, 0.05) is 12.0 Å². The van der Waals surface area contributed by atoms with Crippen LogP contribution in [0.1, 0.15) is 27.2 Å². The maximum Gasteiger partial charge on any atom is 0.412 e. The van der Waals surface area contributed by atoms with Crippen LogP contribution in [0, 0.1) is 0 Å². The predicted octanol–water partition coefficient (Wildman–Crippen LogP) is 2.48. The van der Waals surface area contributed by atoms with Crippen molar-refractivity contribution in [2.24, 2.45) is 0 Å². The molecule has 0 radical (unpaired) electrons. The minimum atomic E-state index is -4.53. The quantitative estimate of drug-likeness (QED) is 0.791. The normalized spacial score (nSPS) is 18.8. The first-order chi connectivity index (χ1) is 8.32. The number of halogens is 3. The summed E-state index contributed by atoms with van der Waals surface area (Å²) in [5.74, 6) is 0. The van der Waals surface area contributed by atoms with E-state index in [0.29, 0.717) is 0 Å². The number of β-amino-alcohol motifs (C(OH)–C–C–N with tert-alkyl or cyclic N) is 1. The molecule has 1 amide bonds. The highest BCUT2D eigenvalue weighted by molar-refractivity contribution is 5.69. The summed E-state index contributed by atoms with van der Waals surface area (Å²) in [4.78, 5) is 12.7. The Kier molecular flexibility index (Phi) is 3.91. The van der Waals surface area contributed by atoms with Crippen molar-refractivity contribution in [2.45, 2.75) is 44.6 Å². The summed E-state index contributed by atoms with van der Waals surface area (Å²) in [5.41, 5.74) is -3.25. The maximum atomic E-state index is 12.3. The Morgan fingerprint density at radius 1 is 1.37 bits per heavy atom. The van der Waals surface area contributed by atoms with Crippen molar-refractivity contribution in [3.05, 3.63) is 12.2 Å². The number of nitrogens with zero attached hydrogens (tertiary/aromatic N) is 1. The zero-order valence-corrected chi connectivity index (χ0v) is 11.2. The molecular formula is C12H18F3NO3. The Balaban J connectivity index is 2.48. The minimum absolute atomic E-state index is 0.184. The second-order valence-electron chi connectivity index (χ2n) is 5.84. The van der Waals surface area contributed by atoms with Gasteiger partial charge in [0.25, 0.3) is 0 Å². The summed E-state index contributed by atoms with van der Waals surface area (Å²) >= 11 is 0. The first-order valence-corrected chi connectivity index (χ1v) is 5.78. The molecule has 0 aromatic carbocycles. The van der Waals surface area contributed by atoms with Crippen LogP contribution in [0.15, 0.2) is 12.2 Å². The van der Waals surface area contributed by atoms with Crippen LogP contribution in [-0.4, -0.2) is 46.6 Å². The maximum absolute atomic E-state index is 12.3. The third kappa shape index (κ3) is 4.41. The number of hydrogen-bond donors (Lipinski definition) is 1. The molecule has 0 saturated carbocycles. The van der Waals surface area contributed by atoms with E-state index in [1.165, 1.54) is 0 Å². The number of rotatable bonds is 2. The van der Waals surface area contributed by atoms with Gasteiger partial charge in [-0.05, 0) is 20.8 Å². The highest BCUT2D eigenvalue weighted by atomic mass is 19.4. The molecule has 4 nitrogen and oxygen atoms in total. The van der Waals surface area contributed by atoms with Gasteiger partial charge in [0.15, 0.2) is 0 Å². The predicted molar refractivity (Wildman–Crippen MR) is 62.6 cm³/mol. The van der Waals surface area contributed by atoms with Crippen LogP contribution in [0.25, 0.3) is 0 Å². The topological polar surface area (TPSA) is 49.8 Å². The molecule has 0 aromatic heterocycles. The molecule has 1 saturated heterocycles. The van der Waals surface area contributed by atoms with Gasteiger partial charge < -0.3 is 14.7 Å². The molecule has 0 aliphatic carbocycles. The standard InChI is InChI=1S/C12H18F3NO3/c1-8(12(13,14)15)5-11(18)6-16(7-11)9(17)19-10(2,3)4/h18H,1,5-7H2,2-4H3. The lowest BCUT2D eigenvalue weighted by Crippen LogP contribution is -2.64. The van der Waals surface area contributed by atoms with E-state index in [9.17, 15) is 23.1 Å². The highest BCUT2D eigenvalue weighted by Crippen LogP contribution is 2.35. The average Bonchev–Trinajstić information content (AvgIpc) is 2.09. The number of likely N-dealkylation sites (tertiary alicyclic amines) is 1. The second kappa shape index (κ2) is 4.70. The first-order valence-electron chi connectivity index (χ1n) is 5.78. The van der Waals surface area contributed by atoms with Gasteiger partial charge in [-0.15, -0.1) is 0 Å². The summed E-state index contributed by atoms with van der Waals surface area (Å²) in [6.07, 6.45) is -5.77. The lowest BCUT2D eigenvalue weighted by atomic mass is 9.87. The van der Waals surface area contributed by atoms with E-state index in [1.54, 1.807) is 20.8 Å². The largest absolute Gasteiger partial charge is 0.444 e. The summed E-state index contributed by atoms with van der Waals surface area (Å²) in [5, 5.41) is 9.85. The Hall–Kier alpha value is -1.24. The van der Waals surface area contributed by atoms with E-state index in [1.807, 2.05) is 0 Å². The molecule has 1 fully saturated rings. The fraction of sp³-hybridized carbons (Fsp3) is 0.750. The molecule has 1 heterocycles. The number of amides is 1. The third-order valence-electron chi connectivity index (χ3n) is 2.57. The van der Waals surface area contributed by atoms with Gasteiger partial charge in [-0.25, -0.2) is 4.79 Å². The molecule has 1 rings (SSSR count). The molecule has 7 heteroatoms. The summed E-state index contributed by atoms with van der Waals surface area (Å²) < 4.78 is 41.9. The number of ether oxygens (including phenoxy) is 1. The van der Waals surface area contributed by atoms with Gasteiger partial charge >= 0.3 is 12.3 Å². The fourth-order valence-electron chi connectivity index (χ4n) is 1.73. The van der Waals surface area contributed by atoms with E-state index in [4.69, 9.17) is 4.74 Å². The van der Waals surface area contributed by atoms with E-state index in [-0.39, 0.29) is 13.1 Å². The fourth-order valence-corrected chi connectivity index (χ4v) is 1.73. The van der Waals surface area contributed by atoms with Crippen LogP contribution in [0.4, 0.5) is 18.0 Å². The Labute approximate surface area is 109 Å². The van der Waals surface area contributed by atoms with Gasteiger partial charge in [0.1, 0.15) is 11.2 Å². The van der Waals surface area contributed by atoms with Crippen molar-refractivity contribution >= 4 is 6.09 Å². The molecule has 1 aliphatic heterocycles. The zero-order chi connectivity index (χ0) is 15.1. The molecule has 110 valence electrons. The van der Waals surface area contributed by atoms with E-state index >= 15 is 0 Å². The molecule has 1 aliphatic rings. The Morgan fingerprint density at radius 3 is 2.21 bits per heavy atom. The molecule has 19 heavy (non-hydrogen) atoms.